The lowest BCUT2D eigenvalue weighted by atomic mass is 10.0. The summed E-state index contributed by atoms with van der Waals surface area (Å²) < 4.78 is 13.0. The van der Waals surface area contributed by atoms with Crippen molar-refractivity contribution in [1.82, 2.24) is 10.2 Å². The number of aliphatic carboxylic acids is 1. The first kappa shape index (κ1) is 17.3. The summed E-state index contributed by atoms with van der Waals surface area (Å²) in [5.74, 6) is -2.44. The van der Waals surface area contributed by atoms with Crippen LogP contribution in [0.2, 0.25) is 0 Å². The van der Waals surface area contributed by atoms with Crippen molar-refractivity contribution in [3.63, 3.8) is 0 Å². The number of amides is 3. The van der Waals surface area contributed by atoms with E-state index in [1.54, 1.807) is 30.3 Å². The Bertz CT molecular complexity index is 878. The molecule has 0 spiro atoms. The van der Waals surface area contributed by atoms with Gasteiger partial charge in [-0.15, -0.1) is 0 Å². The Morgan fingerprint density at radius 3 is 2.38 bits per heavy atom. The van der Waals surface area contributed by atoms with Crippen LogP contribution in [0.1, 0.15) is 11.1 Å². The smallest absolute Gasteiger partial charge is 0.329 e. The molecule has 6 nitrogen and oxygen atoms in total. The molecule has 7 heteroatoms. The number of urea groups is 1. The number of carboxylic acids is 1. The van der Waals surface area contributed by atoms with Crippen LogP contribution in [0.15, 0.2) is 60.3 Å². The highest BCUT2D eigenvalue weighted by Gasteiger charge is 2.42. The Morgan fingerprint density at radius 2 is 1.77 bits per heavy atom. The molecule has 3 amide bonds. The Balaban J connectivity index is 1.86. The molecule has 0 aliphatic carbocycles. The SMILES string of the molecule is O=C(O)C(Cc1ccccc1)N1C(=O)N/C(=C\c2ccc(F)cc2)C1=O. The van der Waals surface area contributed by atoms with Crippen LogP contribution in [0, 0.1) is 5.82 Å². The predicted octanol–water partition coefficient (Wildman–Crippen LogP) is 2.41. The van der Waals surface area contributed by atoms with Crippen molar-refractivity contribution >= 4 is 24.0 Å². The summed E-state index contributed by atoms with van der Waals surface area (Å²) in [4.78, 5) is 37.1. The second-order valence-corrected chi connectivity index (χ2v) is 5.76. The van der Waals surface area contributed by atoms with E-state index in [4.69, 9.17) is 0 Å². The molecule has 1 saturated heterocycles. The van der Waals surface area contributed by atoms with Gasteiger partial charge in [-0.25, -0.2) is 18.9 Å². The minimum atomic E-state index is -1.33. The lowest BCUT2D eigenvalue weighted by molar-refractivity contribution is -0.145. The standard InChI is InChI=1S/C19H15FN2O4/c20-14-8-6-13(7-9-14)10-15-17(23)22(19(26)21-15)16(18(24)25)11-12-4-2-1-3-5-12/h1-10,16H,11H2,(H,21,26)(H,24,25)/b15-10-. The maximum Gasteiger partial charge on any atom is 0.329 e. The zero-order valence-corrected chi connectivity index (χ0v) is 13.6. The van der Waals surface area contributed by atoms with Crippen LogP contribution < -0.4 is 5.32 Å². The molecule has 1 aliphatic heterocycles. The molecule has 0 radical (unpaired) electrons. The third-order valence-corrected chi connectivity index (χ3v) is 3.96. The summed E-state index contributed by atoms with van der Waals surface area (Å²) in [6.07, 6.45) is 1.38. The fraction of sp³-hybridized carbons (Fsp3) is 0.105. The van der Waals surface area contributed by atoms with Gasteiger partial charge in [-0.05, 0) is 29.3 Å². The van der Waals surface area contributed by atoms with Crippen molar-refractivity contribution in [3.05, 3.63) is 77.2 Å². The van der Waals surface area contributed by atoms with E-state index in [1.165, 1.54) is 30.3 Å². The van der Waals surface area contributed by atoms with Gasteiger partial charge in [0.05, 0.1) is 0 Å². The highest BCUT2D eigenvalue weighted by Crippen LogP contribution is 2.19. The van der Waals surface area contributed by atoms with Gasteiger partial charge in [-0.1, -0.05) is 42.5 Å². The van der Waals surface area contributed by atoms with Gasteiger partial charge in [-0.2, -0.15) is 0 Å². The third-order valence-electron chi connectivity index (χ3n) is 3.96. The van der Waals surface area contributed by atoms with E-state index >= 15 is 0 Å². The van der Waals surface area contributed by atoms with E-state index in [-0.39, 0.29) is 12.1 Å². The first-order chi connectivity index (χ1) is 12.5. The summed E-state index contributed by atoms with van der Waals surface area (Å²) in [5, 5.41) is 11.9. The van der Waals surface area contributed by atoms with Gasteiger partial charge < -0.3 is 10.4 Å². The number of carboxylic acid groups (broad SMARTS) is 1. The molecular formula is C19H15FN2O4. The van der Waals surface area contributed by atoms with E-state index < -0.39 is 29.8 Å². The quantitative estimate of drug-likeness (QED) is 0.638. The molecule has 1 unspecified atom stereocenters. The van der Waals surface area contributed by atoms with Crippen molar-refractivity contribution in [1.29, 1.82) is 0 Å². The van der Waals surface area contributed by atoms with Gasteiger partial charge in [0.1, 0.15) is 17.6 Å². The van der Waals surface area contributed by atoms with Crippen molar-refractivity contribution in [2.45, 2.75) is 12.5 Å². The minimum Gasteiger partial charge on any atom is -0.480 e. The average molecular weight is 354 g/mol. The number of nitrogens with zero attached hydrogens (tertiary/aromatic N) is 1. The number of carbonyl (C=O) groups excluding carboxylic acids is 2. The number of hydrogen-bond acceptors (Lipinski definition) is 3. The Hall–Kier alpha value is -3.48. The molecule has 2 aromatic carbocycles. The zero-order chi connectivity index (χ0) is 18.7. The Kier molecular flexibility index (Phi) is 4.79. The zero-order valence-electron chi connectivity index (χ0n) is 13.6. The highest BCUT2D eigenvalue weighted by molar-refractivity contribution is 6.15. The number of hydrogen-bond donors (Lipinski definition) is 2. The van der Waals surface area contributed by atoms with Gasteiger partial charge in [0.25, 0.3) is 5.91 Å². The van der Waals surface area contributed by atoms with Gasteiger partial charge in [0.2, 0.25) is 0 Å². The number of halogens is 1. The first-order valence-corrected chi connectivity index (χ1v) is 7.84. The van der Waals surface area contributed by atoms with Crippen molar-refractivity contribution in [2.75, 3.05) is 0 Å². The molecule has 1 heterocycles. The summed E-state index contributed by atoms with van der Waals surface area (Å²) in [6.45, 7) is 0. The van der Waals surface area contributed by atoms with Gasteiger partial charge in [0.15, 0.2) is 0 Å². The molecule has 0 aromatic heterocycles. The molecular weight excluding hydrogens is 339 g/mol. The number of benzene rings is 2. The van der Waals surface area contributed by atoms with Crippen molar-refractivity contribution in [3.8, 4) is 0 Å². The van der Waals surface area contributed by atoms with Crippen LogP contribution >= 0.6 is 0 Å². The maximum atomic E-state index is 13.0. The summed E-state index contributed by atoms with van der Waals surface area (Å²) in [7, 11) is 0. The Morgan fingerprint density at radius 1 is 1.12 bits per heavy atom. The van der Waals surface area contributed by atoms with Crippen LogP contribution in [-0.2, 0) is 16.0 Å². The molecule has 3 rings (SSSR count). The van der Waals surface area contributed by atoms with Crippen LogP contribution in [-0.4, -0.2) is 34.0 Å². The summed E-state index contributed by atoms with van der Waals surface area (Å²) in [6, 6.07) is 12.0. The monoisotopic (exact) mass is 354 g/mol. The number of imide groups is 1. The highest BCUT2D eigenvalue weighted by atomic mass is 19.1. The topological polar surface area (TPSA) is 86.7 Å². The first-order valence-electron chi connectivity index (χ1n) is 7.84. The molecule has 1 fully saturated rings. The minimum absolute atomic E-state index is 0.000832. The van der Waals surface area contributed by atoms with Gasteiger partial charge in [-0.3, -0.25) is 4.79 Å². The summed E-state index contributed by atoms with van der Waals surface area (Å²) >= 11 is 0. The molecule has 26 heavy (non-hydrogen) atoms. The normalized spacial score (nSPS) is 16.7. The fourth-order valence-electron chi connectivity index (χ4n) is 2.68. The molecule has 0 saturated carbocycles. The van der Waals surface area contributed by atoms with Crippen LogP contribution in [0.4, 0.5) is 9.18 Å². The predicted molar refractivity (Wildman–Crippen MR) is 91.3 cm³/mol. The van der Waals surface area contributed by atoms with E-state index in [0.29, 0.717) is 16.0 Å². The molecule has 1 aliphatic rings. The second-order valence-electron chi connectivity index (χ2n) is 5.76. The van der Waals surface area contributed by atoms with Crippen molar-refractivity contribution in [2.24, 2.45) is 0 Å². The summed E-state index contributed by atoms with van der Waals surface area (Å²) in [5.41, 5.74) is 1.14. The van der Waals surface area contributed by atoms with Crippen LogP contribution in [0.3, 0.4) is 0 Å². The van der Waals surface area contributed by atoms with Gasteiger partial charge in [0, 0.05) is 6.42 Å². The molecule has 132 valence electrons. The van der Waals surface area contributed by atoms with E-state index in [0.717, 1.165) is 0 Å². The van der Waals surface area contributed by atoms with Crippen molar-refractivity contribution < 1.29 is 23.9 Å². The van der Waals surface area contributed by atoms with E-state index in [9.17, 15) is 23.9 Å². The number of carbonyl (C=O) groups is 3. The molecule has 1 atom stereocenters. The van der Waals surface area contributed by atoms with Crippen LogP contribution in [0.25, 0.3) is 6.08 Å². The molecule has 0 bridgehead atoms. The third kappa shape index (κ3) is 3.61. The largest absolute Gasteiger partial charge is 0.480 e. The second kappa shape index (κ2) is 7.18. The molecule has 2 N–H and O–H groups in total. The number of rotatable bonds is 5. The maximum absolute atomic E-state index is 13.0. The fourth-order valence-corrected chi connectivity index (χ4v) is 2.68. The lowest BCUT2D eigenvalue weighted by Gasteiger charge is -2.21. The lowest BCUT2D eigenvalue weighted by Crippen LogP contribution is -2.46. The molecule has 2 aromatic rings. The van der Waals surface area contributed by atoms with E-state index in [2.05, 4.69) is 5.32 Å². The number of nitrogens with one attached hydrogen (secondary N) is 1. The van der Waals surface area contributed by atoms with Gasteiger partial charge >= 0.3 is 12.0 Å². The average Bonchev–Trinajstić information content (AvgIpc) is 2.89. The van der Waals surface area contributed by atoms with E-state index in [1.807, 2.05) is 0 Å². The Labute approximate surface area is 148 Å². The van der Waals surface area contributed by atoms with Crippen LogP contribution in [0.5, 0.6) is 0 Å².